The smallest absolute Gasteiger partial charge is 0.220 e. The molecule has 0 aliphatic carbocycles. The highest BCUT2D eigenvalue weighted by molar-refractivity contribution is 7.98. The van der Waals surface area contributed by atoms with Gasteiger partial charge in [-0.15, -0.1) is 0 Å². The number of hydrogen-bond acceptors (Lipinski definition) is 4. The van der Waals surface area contributed by atoms with Crippen molar-refractivity contribution < 1.29 is 14.3 Å². The van der Waals surface area contributed by atoms with Crippen molar-refractivity contribution in [2.24, 2.45) is 0 Å². The second kappa shape index (κ2) is 11.2. The lowest BCUT2D eigenvalue weighted by atomic mass is 10.1. The van der Waals surface area contributed by atoms with Gasteiger partial charge in [0.2, 0.25) is 5.91 Å². The number of amides is 1. The predicted octanol–water partition coefficient (Wildman–Crippen LogP) is 3.29. The van der Waals surface area contributed by atoms with Gasteiger partial charge in [-0.2, -0.15) is 11.8 Å². The molecule has 1 N–H and O–H groups in total. The molecule has 0 saturated carbocycles. The van der Waals surface area contributed by atoms with E-state index in [1.165, 1.54) is 0 Å². The lowest BCUT2D eigenvalue weighted by Crippen LogP contribution is -2.25. The Labute approximate surface area is 138 Å². The Morgan fingerprint density at radius 1 is 1.18 bits per heavy atom. The van der Waals surface area contributed by atoms with E-state index in [2.05, 4.69) is 11.6 Å². The van der Waals surface area contributed by atoms with Crippen LogP contribution < -0.4 is 14.8 Å². The molecule has 1 rings (SSSR count). The van der Waals surface area contributed by atoms with Crippen LogP contribution in [-0.4, -0.2) is 37.7 Å². The van der Waals surface area contributed by atoms with Gasteiger partial charge in [-0.1, -0.05) is 6.07 Å². The number of rotatable bonds is 11. The second-order valence-electron chi connectivity index (χ2n) is 4.84. The standard InChI is InChI=1S/C17H27NO3S/c1-4-20-15-9-8-14(13-16(15)21-5-2)10-11-18-17(19)7-6-12-22-3/h8-9,13H,4-7,10-12H2,1-3H3,(H,18,19). The summed E-state index contributed by atoms with van der Waals surface area (Å²) in [5.74, 6) is 2.71. The Morgan fingerprint density at radius 2 is 1.91 bits per heavy atom. The van der Waals surface area contributed by atoms with E-state index in [9.17, 15) is 4.79 Å². The first kappa shape index (κ1) is 18.7. The van der Waals surface area contributed by atoms with Crippen LogP contribution in [-0.2, 0) is 11.2 Å². The van der Waals surface area contributed by atoms with Crippen molar-refractivity contribution >= 4 is 17.7 Å². The Morgan fingerprint density at radius 3 is 2.59 bits per heavy atom. The van der Waals surface area contributed by atoms with Crippen molar-refractivity contribution in [3.63, 3.8) is 0 Å². The van der Waals surface area contributed by atoms with Crippen LogP contribution in [0, 0.1) is 0 Å². The Hall–Kier alpha value is -1.36. The molecule has 0 unspecified atom stereocenters. The molecule has 0 fully saturated rings. The van der Waals surface area contributed by atoms with Gasteiger partial charge in [0.1, 0.15) is 0 Å². The van der Waals surface area contributed by atoms with E-state index in [0.29, 0.717) is 26.2 Å². The fourth-order valence-corrected chi connectivity index (χ4v) is 2.50. The summed E-state index contributed by atoms with van der Waals surface area (Å²) in [6.07, 6.45) is 4.39. The van der Waals surface area contributed by atoms with E-state index in [1.807, 2.05) is 32.0 Å². The predicted molar refractivity (Wildman–Crippen MR) is 93.1 cm³/mol. The second-order valence-corrected chi connectivity index (χ2v) is 5.83. The third-order valence-corrected chi connectivity index (χ3v) is 3.79. The highest BCUT2D eigenvalue weighted by Crippen LogP contribution is 2.28. The zero-order valence-corrected chi connectivity index (χ0v) is 14.6. The fraction of sp³-hybridized carbons (Fsp3) is 0.588. The number of benzene rings is 1. The van der Waals surface area contributed by atoms with Crippen molar-refractivity contribution in [1.82, 2.24) is 5.32 Å². The minimum absolute atomic E-state index is 0.130. The van der Waals surface area contributed by atoms with Gasteiger partial charge in [-0.25, -0.2) is 0 Å². The van der Waals surface area contributed by atoms with E-state index in [1.54, 1.807) is 11.8 Å². The maximum atomic E-state index is 11.7. The number of hydrogen-bond donors (Lipinski definition) is 1. The van der Waals surface area contributed by atoms with Crippen molar-refractivity contribution in [2.75, 3.05) is 31.8 Å². The molecule has 1 aromatic rings. The van der Waals surface area contributed by atoms with Crippen molar-refractivity contribution in [3.8, 4) is 11.5 Å². The van der Waals surface area contributed by atoms with Crippen LogP contribution in [0.25, 0.3) is 0 Å². The molecule has 5 heteroatoms. The summed E-state index contributed by atoms with van der Waals surface area (Å²) in [5.41, 5.74) is 1.14. The molecule has 0 aromatic heterocycles. The number of carbonyl (C=O) groups excluding carboxylic acids is 1. The van der Waals surface area contributed by atoms with Crippen LogP contribution in [0.1, 0.15) is 32.3 Å². The molecular formula is C17H27NO3S. The van der Waals surface area contributed by atoms with Crippen LogP contribution in [0.15, 0.2) is 18.2 Å². The normalized spacial score (nSPS) is 10.3. The van der Waals surface area contributed by atoms with E-state index >= 15 is 0 Å². The largest absolute Gasteiger partial charge is 0.490 e. The average molecular weight is 325 g/mol. The van der Waals surface area contributed by atoms with Gasteiger partial charge in [-0.05, 0) is 56.4 Å². The van der Waals surface area contributed by atoms with Crippen molar-refractivity contribution in [1.29, 1.82) is 0 Å². The molecule has 1 amide bonds. The number of ether oxygens (including phenoxy) is 2. The molecule has 4 nitrogen and oxygen atoms in total. The zero-order valence-electron chi connectivity index (χ0n) is 13.8. The minimum atomic E-state index is 0.130. The van der Waals surface area contributed by atoms with Gasteiger partial charge in [0.25, 0.3) is 0 Å². The van der Waals surface area contributed by atoms with Gasteiger partial charge in [-0.3, -0.25) is 4.79 Å². The zero-order chi connectivity index (χ0) is 16.2. The Balaban J connectivity index is 2.45. The Kier molecular flexibility index (Phi) is 9.55. The molecule has 0 bridgehead atoms. The molecule has 0 atom stereocenters. The molecule has 0 aliphatic rings. The summed E-state index contributed by atoms with van der Waals surface area (Å²) in [4.78, 5) is 11.7. The van der Waals surface area contributed by atoms with E-state index in [4.69, 9.17) is 9.47 Å². The maximum Gasteiger partial charge on any atom is 0.220 e. The Bertz CT molecular complexity index is 452. The van der Waals surface area contributed by atoms with Crippen LogP contribution in [0.4, 0.5) is 0 Å². The molecule has 0 heterocycles. The summed E-state index contributed by atoms with van der Waals surface area (Å²) < 4.78 is 11.2. The van der Waals surface area contributed by atoms with Gasteiger partial charge in [0.15, 0.2) is 11.5 Å². The van der Waals surface area contributed by atoms with Crippen molar-refractivity contribution in [3.05, 3.63) is 23.8 Å². The third-order valence-electron chi connectivity index (χ3n) is 3.10. The summed E-state index contributed by atoms with van der Waals surface area (Å²) in [6, 6.07) is 5.95. The number of nitrogens with one attached hydrogen (secondary N) is 1. The first-order valence-electron chi connectivity index (χ1n) is 7.85. The molecule has 1 aromatic carbocycles. The summed E-state index contributed by atoms with van der Waals surface area (Å²) >= 11 is 1.77. The molecular weight excluding hydrogens is 298 g/mol. The van der Waals surface area contributed by atoms with Crippen LogP contribution in [0.2, 0.25) is 0 Å². The number of thioether (sulfide) groups is 1. The van der Waals surface area contributed by atoms with E-state index in [0.717, 1.165) is 35.7 Å². The minimum Gasteiger partial charge on any atom is -0.490 e. The van der Waals surface area contributed by atoms with Crippen molar-refractivity contribution in [2.45, 2.75) is 33.1 Å². The molecule has 22 heavy (non-hydrogen) atoms. The highest BCUT2D eigenvalue weighted by Gasteiger charge is 2.07. The average Bonchev–Trinajstić information content (AvgIpc) is 2.50. The van der Waals surface area contributed by atoms with Crippen LogP contribution in [0.3, 0.4) is 0 Å². The lowest BCUT2D eigenvalue weighted by molar-refractivity contribution is -0.121. The van der Waals surface area contributed by atoms with Crippen LogP contribution in [0.5, 0.6) is 11.5 Å². The summed E-state index contributed by atoms with van der Waals surface area (Å²) in [7, 11) is 0. The molecule has 0 radical (unpaired) electrons. The maximum absolute atomic E-state index is 11.7. The molecule has 124 valence electrons. The van der Waals surface area contributed by atoms with Gasteiger partial charge >= 0.3 is 0 Å². The van der Waals surface area contributed by atoms with E-state index < -0.39 is 0 Å². The highest BCUT2D eigenvalue weighted by atomic mass is 32.2. The monoisotopic (exact) mass is 325 g/mol. The molecule has 0 spiro atoms. The summed E-state index contributed by atoms with van der Waals surface area (Å²) in [5, 5.41) is 2.96. The third kappa shape index (κ3) is 7.07. The topological polar surface area (TPSA) is 47.6 Å². The lowest BCUT2D eigenvalue weighted by Gasteiger charge is -2.12. The SMILES string of the molecule is CCOc1ccc(CCNC(=O)CCCSC)cc1OCC. The first-order valence-corrected chi connectivity index (χ1v) is 9.24. The number of carbonyl (C=O) groups is 1. The van der Waals surface area contributed by atoms with E-state index in [-0.39, 0.29) is 5.91 Å². The summed E-state index contributed by atoms with van der Waals surface area (Å²) in [6.45, 7) is 5.78. The van der Waals surface area contributed by atoms with Crippen LogP contribution >= 0.6 is 11.8 Å². The van der Waals surface area contributed by atoms with Gasteiger partial charge in [0.05, 0.1) is 13.2 Å². The molecule has 0 saturated heterocycles. The fourth-order valence-electron chi connectivity index (χ4n) is 2.06. The van der Waals surface area contributed by atoms with Gasteiger partial charge < -0.3 is 14.8 Å². The van der Waals surface area contributed by atoms with Gasteiger partial charge in [0, 0.05) is 13.0 Å². The quantitative estimate of drug-likeness (QED) is 0.634. The first-order chi connectivity index (χ1) is 10.7. The molecule has 0 aliphatic heterocycles.